The van der Waals surface area contributed by atoms with Gasteiger partial charge in [0.2, 0.25) is 11.2 Å². The topological polar surface area (TPSA) is 68.5 Å². The summed E-state index contributed by atoms with van der Waals surface area (Å²) in [4.78, 5) is 25.9. The Labute approximate surface area is 200 Å². The quantitative estimate of drug-likeness (QED) is 0.343. The highest BCUT2D eigenvalue weighted by Gasteiger charge is 2.20. The van der Waals surface area contributed by atoms with Gasteiger partial charge in [0.1, 0.15) is 5.58 Å². The lowest BCUT2D eigenvalue weighted by Crippen LogP contribution is -2.23. The molecule has 1 amide bonds. The minimum Gasteiger partial charge on any atom is -0.476 e. The monoisotopic (exact) mass is 481 g/mol. The van der Waals surface area contributed by atoms with Gasteiger partial charge < -0.3 is 14.5 Å². The maximum Gasteiger partial charge on any atom is 0.262 e. The van der Waals surface area contributed by atoms with Gasteiger partial charge in [-0.05, 0) is 56.2 Å². The average molecular weight is 482 g/mol. The van der Waals surface area contributed by atoms with E-state index in [0.29, 0.717) is 26.9 Å². The summed E-state index contributed by atoms with van der Waals surface area (Å²) < 4.78 is 11.8. The van der Waals surface area contributed by atoms with Crippen LogP contribution >= 0.6 is 23.2 Å². The molecule has 3 aromatic carbocycles. The van der Waals surface area contributed by atoms with Gasteiger partial charge in [0.05, 0.1) is 5.39 Å². The molecule has 1 N–H and O–H groups in total. The number of halogens is 2. The maximum atomic E-state index is 13.3. The Balaban J connectivity index is 1.72. The Hall–Kier alpha value is -3.28. The van der Waals surface area contributed by atoms with Crippen molar-refractivity contribution < 1.29 is 13.9 Å². The molecule has 4 rings (SSSR count). The van der Waals surface area contributed by atoms with E-state index < -0.39 is 11.3 Å². The van der Waals surface area contributed by atoms with Crippen molar-refractivity contribution in [1.82, 2.24) is 0 Å². The van der Waals surface area contributed by atoms with Crippen LogP contribution in [0.2, 0.25) is 10.0 Å². The number of carbonyl (C=O) groups excluding carboxylic acids is 1. The Morgan fingerprint density at radius 1 is 1.00 bits per heavy atom. The molecule has 0 saturated carbocycles. The van der Waals surface area contributed by atoms with Crippen LogP contribution in [-0.2, 0) is 4.79 Å². The summed E-state index contributed by atoms with van der Waals surface area (Å²) in [5.74, 6) is -0.234. The van der Waals surface area contributed by atoms with Crippen LogP contribution in [0.15, 0.2) is 63.8 Å². The molecule has 0 unspecified atom stereocenters. The lowest BCUT2D eigenvalue weighted by atomic mass is 10.1. The lowest BCUT2D eigenvalue weighted by molar-refractivity contribution is -0.118. The van der Waals surface area contributed by atoms with E-state index in [9.17, 15) is 9.59 Å². The number of aryl methyl sites for hydroxylation is 2. The Kier molecular flexibility index (Phi) is 6.45. The van der Waals surface area contributed by atoms with Crippen LogP contribution in [0.4, 0.5) is 5.69 Å². The minimum atomic E-state index is -0.434. The molecule has 33 heavy (non-hydrogen) atoms. The number of ether oxygens (including phenoxy) is 1. The molecule has 0 bridgehead atoms. The highest BCUT2D eigenvalue weighted by molar-refractivity contribution is 6.32. The normalized spacial score (nSPS) is 10.9. The molecule has 0 aliphatic heterocycles. The summed E-state index contributed by atoms with van der Waals surface area (Å²) in [6.07, 6.45) is 0. The highest BCUT2D eigenvalue weighted by Crippen LogP contribution is 2.33. The first kappa shape index (κ1) is 22.9. The molecule has 0 aliphatic carbocycles. The van der Waals surface area contributed by atoms with Gasteiger partial charge in [0.25, 0.3) is 5.91 Å². The van der Waals surface area contributed by atoms with Crippen LogP contribution in [0.1, 0.15) is 16.7 Å². The molecule has 5 nitrogen and oxygen atoms in total. The van der Waals surface area contributed by atoms with Crippen molar-refractivity contribution >= 4 is 45.8 Å². The number of hydrogen-bond donors (Lipinski definition) is 1. The summed E-state index contributed by atoms with van der Waals surface area (Å²) in [7, 11) is 0. The summed E-state index contributed by atoms with van der Waals surface area (Å²) in [5.41, 5.74) is 3.80. The van der Waals surface area contributed by atoms with Crippen LogP contribution in [0, 0.1) is 20.8 Å². The first-order valence-electron chi connectivity index (χ1n) is 10.3. The molecule has 1 aromatic heterocycles. The number of nitrogens with one attached hydrogen (secondary N) is 1. The van der Waals surface area contributed by atoms with E-state index >= 15 is 0 Å². The van der Waals surface area contributed by atoms with Gasteiger partial charge in [-0.15, -0.1) is 0 Å². The predicted octanol–water partition coefficient (Wildman–Crippen LogP) is 6.71. The van der Waals surface area contributed by atoms with Crippen molar-refractivity contribution in [2.45, 2.75) is 20.8 Å². The number of carbonyl (C=O) groups is 1. The molecular weight excluding hydrogens is 461 g/mol. The van der Waals surface area contributed by atoms with Crippen LogP contribution in [0.3, 0.4) is 0 Å². The SMILES string of the molecule is Cc1ccc(-c2oc3cc(C)c(Cl)cc3c(=O)c2OCC(=O)Nc2cccc(Cl)c2C)cc1. The second-order valence-electron chi connectivity index (χ2n) is 7.80. The zero-order valence-corrected chi connectivity index (χ0v) is 19.8. The molecule has 0 atom stereocenters. The lowest BCUT2D eigenvalue weighted by Gasteiger charge is -2.13. The number of anilines is 1. The van der Waals surface area contributed by atoms with Crippen molar-refractivity contribution in [2.24, 2.45) is 0 Å². The molecule has 168 valence electrons. The van der Waals surface area contributed by atoms with Gasteiger partial charge in [0, 0.05) is 21.3 Å². The standard InChI is InChI=1S/C26H21Cl2NO4/c1-14-7-9-17(10-8-14)25-26(24(31)18-12-20(28)15(2)11-22(18)33-25)32-13-23(30)29-21-6-4-5-19(27)16(21)3/h4-12H,13H2,1-3H3,(H,29,30). The van der Waals surface area contributed by atoms with Gasteiger partial charge in [0.15, 0.2) is 12.4 Å². The van der Waals surface area contributed by atoms with E-state index in [1.807, 2.05) is 38.1 Å². The fourth-order valence-corrected chi connectivity index (χ4v) is 3.73. The fourth-order valence-electron chi connectivity index (χ4n) is 3.39. The van der Waals surface area contributed by atoms with Gasteiger partial charge in [-0.1, -0.05) is 59.1 Å². The predicted molar refractivity (Wildman–Crippen MR) is 133 cm³/mol. The molecular formula is C26H21Cl2NO4. The average Bonchev–Trinajstić information content (AvgIpc) is 2.78. The molecule has 0 aliphatic rings. The molecule has 0 radical (unpaired) electrons. The Bertz CT molecular complexity index is 1430. The largest absolute Gasteiger partial charge is 0.476 e. The minimum absolute atomic E-state index is 0.0516. The van der Waals surface area contributed by atoms with E-state index in [4.69, 9.17) is 32.4 Å². The summed E-state index contributed by atoms with van der Waals surface area (Å²) in [5, 5.41) is 4.02. The summed E-state index contributed by atoms with van der Waals surface area (Å²) >= 11 is 12.4. The highest BCUT2D eigenvalue weighted by atomic mass is 35.5. The summed E-state index contributed by atoms with van der Waals surface area (Å²) in [6.45, 7) is 5.21. The smallest absolute Gasteiger partial charge is 0.262 e. The Morgan fingerprint density at radius 3 is 2.45 bits per heavy atom. The van der Waals surface area contributed by atoms with Gasteiger partial charge >= 0.3 is 0 Å². The number of amides is 1. The third-order valence-electron chi connectivity index (χ3n) is 5.33. The molecule has 0 fully saturated rings. The summed E-state index contributed by atoms with van der Waals surface area (Å²) in [6, 6.07) is 16.0. The van der Waals surface area contributed by atoms with Crippen molar-refractivity contribution in [1.29, 1.82) is 0 Å². The molecule has 1 heterocycles. The van der Waals surface area contributed by atoms with E-state index in [1.165, 1.54) is 0 Å². The van der Waals surface area contributed by atoms with Crippen molar-refractivity contribution in [3.8, 4) is 17.1 Å². The van der Waals surface area contributed by atoms with E-state index in [0.717, 1.165) is 16.7 Å². The van der Waals surface area contributed by atoms with Crippen LogP contribution in [0.25, 0.3) is 22.3 Å². The van der Waals surface area contributed by atoms with Crippen LogP contribution < -0.4 is 15.5 Å². The number of fused-ring (bicyclic) bond motifs is 1. The maximum absolute atomic E-state index is 13.3. The number of benzene rings is 3. The van der Waals surface area contributed by atoms with E-state index in [-0.39, 0.29) is 23.5 Å². The number of rotatable bonds is 5. The third-order valence-corrected chi connectivity index (χ3v) is 6.15. The van der Waals surface area contributed by atoms with Gasteiger partial charge in [-0.2, -0.15) is 0 Å². The second kappa shape index (κ2) is 9.30. The van der Waals surface area contributed by atoms with Crippen LogP contribution in [-0.4, -0.2) is 12.5 Å². The Morgan fingerprint density at radius 2 is 1.73 bits per heavy atom. The van der Waals surface area contributed by atoms with Crippen molar-refractivity contribution in [2.75, 3.05) is 11.9 Å². The molecule has 4 aromatic rings. The van der Waals surface area contributed by atoms with E-state index in [2.05, 4.69) is 5.32 Å². The molecule has 0 spiro atoms. The van der Waals surface area contributed by atoms with E-state index in [1.54, 1.807) is 37.3 Å². The van der Waals surface area contributed by atoms with Gasteiger partial charge in [-0.25, -0.2) is 0 Å². The third kappa shape index (κ3) is 4.75. The second-order valence-corrected chi connectivity index (χ2v) is 8.62. The first-order chi connectivity index (χ1) is 15.7. The van der Waals surface area contributed by atoms with Crippen LogP contribution in [0.5, 0.6) is 5.75 Å². The van der Waals surface area contributed by atoms with Crippen molar-refractivity contribution in [3.63, 3.8) is 0 Å². The van der Waals surface area contributed by atoms with Crippen molar-refractivity contribution in [3.05, 3.63) is 91.6 Å². The first-order valence-corrected chi connectivity index (χ1v) is 11.0. The van der Waals surface area contributed by atoms with Gasteiger partial charge in [-0.3, -0.25) is 9.59 Å². The molecule has 7 heteroatoms. The molecule has 0 saturated heterocycles. The zero-order valence-electron chi connectivity index (χ0n) is 18.3. The zero-order chi connectivity index (χ0) is 23.7. The number of hydrogen-bond acceptors (Lipinski definition) is 4. The fraction of sp³-hybridized carbons (Fsp3) is 0.154.